The first-order chi connectivity index (χ1) is 16.4. The minimum Gasteiger partial charge on any atom is -0.457 e. The Kier molecular flexibility index (Phi) is 6.98. The standard InChI is InChI=1S/C22H22N6O4S2/c1-3-22(2)18(30)28(20(31)24-22)27-17(29)13-33-21-26-25-19(34-21)23-14-9-11-16(12-10-14)32-15-7-5-4-6-8-15/h4-12H,3,13H2,1-2H3,(H,23,25)(H,24,31)(H,27,29). The summed E-state index contributed by atoms with van der Waals surface area (Å²) in [6.45, 7) is 3.40. The molecule has 1 unspecified atom stereocenters. The number of carbonyl (C=O) groups is 3. The van der Waals surface area contributed by atoms with Gasteiger partial charge in [-0.1, -0.05) is 48.2 Å². The minimum atomic E-state index is -1.01. The van der Waals surface area contributed by atoms with Gasteiger partial charge in [-0.2, -0.15) is 5.01 Å². The first-order valence-corrected chi connectivity index (χ1v) is 12.2. The Morgan fingerprint density at radius 1 is 1.12 bits per heavy atom. The number of thioether (sulfide) groups is 1. The minimum absolute atomic E-state index is 0.0277. The third-order valence-electron chi connectivity index (χ3n) is 5.02. The predicted octanol–water partition coefficient (Wildman–Crippen LogP) is 3.92. The highest BCUT2D eigenvalue weighted by molar-refractivity contribution is 8.01. The summed E-state index contributed by atoms with van der Waals surface area (Å²) in [7, 11) is 0. The maximum absolute atomic E-state index is 12.4. The van der Waals surface area contributed by atoms with Gasteiger partial charge in [0.15, 0.2) is 4.34 Å². The van der Waals surface area contributed by atoms with Gasteiger partial charge in [0.05, 0.1) is 5.75 Å². The highest BCUT2D eigenvalue weighted by Crippen LogP contribution is 2.29. The van der Waals surface area contributed by atoms with Crippen molar-refractivity contribution in [2.45, 2.75) is 30.1 Å². The summed E-state index contributed by atoms with van der Waals surface area (Å²) < 4.78 is 6.34. The average molecular weight is 499 g/mol. The molecule has 0 saturated carbocycles. The number of aromatic nitrogens is 2. The van der Waals surface area contributed by atoms with Gasteiger partial charge in [-0.3, -0.25) is 15.0 Å². The molecule has 1 atom stereocenters. The molecule has 176 valence electrons. The lowest BCUT2D eigenvalue weighted by Crippen LogP contribution is -2.49. The molecule has 3 aromatic rings. The third-order valence-corrected chi connectivity index (χ3v) is 6.99. The van der Waals surface area contributed by atoms with Gasteiger partial charge in [-0.05, 0) is 49.7 Å². The SMILES string of the molecule is CCC1(C)NC(=O)N(NC(=O)CSc2nnc(Nc3ccc(Oc4ccccc4)cc3)s2)C1=O. The summed E-state index contributed by atoms with van der Waals surface area (Å²) in [5.74, 6) is 0.460. The first-order valence-electron chi connectivity index (χ1n) is 10.4. The number of imide groups is 1. The van der Waals surface area contributed by atoms with Gasteiger partial charge in [-0.15, -0.1) is 10.2 Å². The molecular formula is C22H22N6O4S2. The quantitative estimate of drug-likeness (QED) is 0.299. The summed E-state index contributed by atoms with van der Waals surface area (Å²) in [6.07, 6.45) is 0.419. The molecule has 34 heavy (non-hydrogen) atoms. The van der Waals surface area contributed by atoms with E-state index in [0.717, 1.165) is 28.2 Å². The molecule has 1 saturated heterocycles. The second kappa shape index (κ2) is 10.1. The summed E-state index contributed by atoms with van der Waals surface area (Å²) in [5.41, 5.74) is 2.15. The molecule has 4 rings (SSSR count). The Labute approximate surface area is 204 Å². The Balaban J connectivity index is 1.26. The van der Waals surface area contributed by atoms with Crippen LogP contribution in [0.15, 0.2) is 58.9 Å². The van der Waals surface area contributed by atoms with Crippen LogP contribution in [0.1, 0.15) is 20.3 Å². The number of nitrogens with one attached hydrogen (secondary N) is 3. The molecule has 1 fully saturated rings. The second-order valence-corrected chi connectivity index (χ2v) is 9.72. The molecule has 2 heterocycles. The summed E-state index contributed by atoms with van der Waals surface area (Å²) in [5, 5.41) is 15.2. The van der Waals surface area contributed by atoms with Crippen molar-refractivity contribution >= 4 is 51.8 Å². The molecule has 12 heteroatoms. The molecule has 0 aliphatic carbocycles. The number of anilines is 2. The Hall–Kier alpha value is -3.64. The van der Waals surface area contributed by atoms with E-state index in [-0.39, 0.29) is 5.75 Å². The largest absolute Gasteiger partial charge is 0.457 e. The smallest absolute Gasteiger partial charge is 0.344 e. The van der Waals surface area contributed by atoms with Gasteiger partial charge < -0.3 is 15.4 Å². The number of rotatable bonds is 9. The number of nitrogens with zero attached hydrogens (tertiary/aromatic N) is 3. The number of amides is 4. The van der Waals surface area contributed by atoms with Gasteiger partial charge in [0.2, 0.25) is 11.0 Å². The molecule has 0 spiro atoms. The van der Waals surface area contributed by atoms with Crippen LogP contribution in [0.3, 0.4) is 0 Å². The molecule has 1 aliphatic rings. The van der Waals surface area contributed by atoms with Crippen LogP contribution in [-0.4, -0.2) is 44.3 Å². The Morgan fingerprint density at radius 3 is 2.50 bits per heavy atom. The molecule has 1 aromatic heterocycles. The van der Waals surface area contributed by atoms with Crippen molar-refractivity contribution in [1.82, 2.24) is 25.9 Å². The van der Waals surface area contributed by atoms with Crippen LogP contribution in [0.25, 0.3) is 0 Å². The molecular weight excluding hydrogens is 476 g/mol. The van der Waals surface area contributed by atoms with E-state index in [2.05, 4.69) is 26.3 Å². The number of urea groups is 1. The molecule has 2 aromatic carbocycles. The van der Waals surface area contributed by atoms with Crippen molar-refractivity contribution in [2.75, 3.05) is 11.1 Å². The fourth-order valence-electron chi connectivity index (χ4n) is 2.98. The van der Waals surface area contributed by atoms with Gasteiger partial charge in [0.1, 0.15) is 17.0 Å². The van der Waals surface area contributed by atoms with Gasteiger partial charge in [0.25, 0.3) is 5.91 Å². The highest BCUT2D eigenvalue weighted by Gasteiger charge is 2.47. The number of hydrazine groups is 1. The predicted molar refractivity (Wildman–Crippen MR) is 129 cm³/mol. The average Bonchev–Trinajstić information content (AvgIpc) is 3.37. The van der Waals surface area contributed by atoms with Crippen molar-refractivity contribution in [3.63, 3.8) is 0 Å². The maximum Gasteiger partial charge on any atom is 0.344 e. The van der Waals surface area contributed by atoms with E-state index in [0.29, 0.717) is 21.6 Å². The molecule has 4 amide bonds. The lowest BCUT2D eigenvalue weighted by molar-refractivity contribution is -0.137. The fraction of sp³-hybridized carbons (Fsp3) is 0.227. The van der Waals surface area contributed by atoms with E-state index in [1.165, 1.54) is 11.3 Å². The molecule has 3 N–H and O–H groups in total. The zero-order chi connectivity index (χ0) is 24.1. The number of hydrogen-bond acceptors (Lipinski definition) is 9. The molecule has 0 radical (unpaired) electrons. The highest BCUT2D eigenvalue weighted by atomic mass is 32.2. The second-order valence-electron chi connectivity index (χ2n) is 7.52. The Morgan fingerprint density at radius 2 is 1.82 bits per heavy atom. The lowest BCUT2D eigenvalue weighted by Gasteiger charge is -2.19. The van der Waals surface area contributed by atoms with Crippen LogP contribution in [-0.2, 0) is 9.59 Å². The van der Waals surface area contributed by atoms with Crippen LogP contribution >= 0.6 is 23.1 Å². The van der Waals surface area contributed by atoms with E-state index < -0.39 is 23.4 Å². The van der Waals surface area contributed by atoms with Gasteiger partial charge in [0, 0.05) is 5.69 Å². The molecule has 10 nitrogen and oxygen atoms in total. The summed E-state index contributed by atoms with van der Waals surface area (Å²) >= 11 is 2.44. The third kappa shape index (κ3) is 5.46. The summed E-state index contributed by atoms with van der Waals surface area (Å²) in [4.78, 5) is 36.6. The zero-order valence-electron chi connectivity index (χ0n) is 18.4. The number of ether oxygens (including phenoxy) is 1. The van der Waals surface area contributed by atoms with Crippen LogP contribution in [0.5, 0.6) is 11.5 Å². The first kappa shape index (κ1) is 23.5. The lowest BCUT2D eigenvalue weighted by atomic mass is 10.00. The van der Waals surface area contributed by atoms with E-state index in [9.17, 15) is 14.4 Å². The van der Waals surface area contributed by atoms with E-state index in [4.69, 9.17) is 4.74 Å². The van der Waals surface area contributed by atoms with Crippen molar-refractivity contribution in [1.29, 1.82) is 0 Å². The normalized spacial score (nSPS) is 17.4. The monoisotopic (exact) mass is 498 g/mol. The van der Waals surface area contributed by atoms with Crippen molar-refractivity contribution in [3.8, 4) is 11.5 Å². The number of carbonyl (C=O) groups excluding carboxylic acids is 3. The van der Waals surface area contributed by atoms with Crippen LogP contribution < -0.4 is 20.8 Å². The topological polar surface area (TPSA) is 126 Å². The van der Waals surface area contributed by atoms with Crippen molar-refractivity contribution in [2.24, 2.45) is 0 Å². The fourth-order valence-corrected chi connectivity index (χ4v) is 4.55. The van der Waals surface area contributed by atoms with E-state index in [1.807, 2.05) is 54.6 Å². The van der Waals surface area contributed by atoms with Crippen LogP contribution in [0.2, 0.25) is 0 Å². The molecule has 0 bridgehead atoms. The van der Waals surface area contributed by atoms with E-state index >= 15 is 0 Å². The van der Waals surface area contributed by atoms with Crippen molar-refractivity contribution < 1.29 is 19.1 Å². The van der Waals surface area contributed by atoms with Gasteiger partial charge in [-0.25, -0.2) is 4.79 Å². The number of hydrogen-bond donors (Lipinski definition) is 3. The van der Waals surface area contributed by atoms with Crippen LogP contribution in [0.4, 0.5) is 15.6 Å². The number of para-hydroxylation sites is 1. The van der Waals surface area contributed by atoms with E-state index in [1.54, 1.807) is 13.8 Å². The maximum atomic E-state index is 12.4. The van der Waals surface area contributed by atoms with Crippen LogP contribution in [0, 0.1) is 0 Å². The molecule has 1 aliphatic heterocycles. The van der Waals surface area contributed by atoms with Crippen molar-refractivity contribution in [3.05, 3.63) is 54.6 Å². The zero-order valence-corrected chi connectivity index (χ0v) is 20.0. The summed E-state index contributed by atoms with van der Waals surface area (Å²) in [6, 6.07) is 16.3. The Bertz CT molecular complexity index is 1190. The number of benzene rings is 2. The van der Waals surface area contributed by atoms with Gasteiger partial charge >= 0.3 is 6.03 Å².